The molecule has 0 radical (unpaired) electrons. The third-order valence-corrected chi connectivity index (χ3v) is 0. The number of halogens is 1. The average molecular weight is 98.0 g/mol. The van der Waals surface area contributed by atoms with Gasteiger partial charge in [-0.05, 0) is 0 Å². The fourth-order valence-electron chi connectivity index (χ4n) is 0. The van der Waals surface area contributed by atoms with Gasteiger partial charge in [-0.2, -0.15) is 0 Å². The molecule has 0 atom stereocenters. The van der Waals surface area contributed by atoms with Crippen LogP contribution < -0.4 is 0 Å². The zero-order valence-corrected chi connectivity index (χ0v) is 3.58. The van der Waals surface area contributed by atoms with E-state index in [1.54, 1.807) is 0 Å². The van der Waals surface area contributed by atoms with Gasteiger partial charge in [0.1, 0.15) is 0 Å². The van der Waals surface area contributed by atoms with Gasteiger partial charge < -0.3 is 4.89 Å². The maximum Gasteiger partial charge on any atom is 0.324 e. The monoisotopic (exact) mass is 98.0 g/mol. The molecule has 0 aromatic rings. The standard InChI is InChI=1S/CH3F.HO2P/c1-2;1-3-2/h1H3;(H,1,2). The Morgan fingerprint density at radius 2 is 1.80 bits per heavy atom. The Hall–Kier alpha value is -0.0100. The van der Waals surface area contributed by atoms with Crippen molar-refractivity contribution in [2.45, 2.75) is 0 Å². The molecule has 0 aliphatic heterocycles. The summed E-state index contributed by atoms with van der Waals surface area (Å²) in [6.45, 7) is 0. The molecule has 0 saturated carbocycles. The van der Waals surface area contributed by atoms with Gasteiger partial charge in [0, 0.05) is 0 Å². The summed E-state index contributed by atoms with van der Waals surface area (Å²) >= 11 is 0. The summed E-state index contributed by atoms with van der Waals surface area (Å²) < 4.78 is 18.0. The summed E-state index contributed by atoms with van der Waals surface area (Å²) in [6.07, 6.45) is 0. The van der Waals surface area contributed by atoms with Crippen molar-refractivity contribution < 1.29 is 13.8 Å². The summed E-state index contributed by atoms with van der Waals surface area (Å²) in [6, 6.07) is 0. The van der Waals surface area contributed by atoms with E-state index in [9.17, 15) is 4.39 Å². The van der Waals surface area contributed by atoms with Crippen molar-refractivity contribution in [2.75, 3.05) is 7.18 Å². The molecule has 5 heavy (non-hydrogen) atoms. The maximum atomic E-state index is 9.50. The van der Waals surface area contributed by atoms with Crippen LogP contribution in [0.3, 0.4) is 0 Å². The van der Waals surface area contributed by atoms with Crippen molar-refractivity contribution in [2.24, 2.45) is 0 Å². The van der Waals surface area contributed by atoms with Crippen LogP contribution in [0.2, 0.25) is 0 Å². The van der Waals surface area contributed by atoms with E-state index in [0.29, 0.717) is 7.18 Å². The molecule has 0 aromatic heterocycles. The van der Waals surface area contributed by atoms with E-state index in [4.69, 9.17) is 9.46 Å². The molecule has 0 aliphatic rings. The Morgan fingerprint density at radius 3 is 1.80 bits per heavy atom. The SMILES string of the molecule is CF.O=PO. The molecule has 1 N–H and O–H groups in total. The van der Waals surface area contributed by atoms with Crippen LogP contribution in [0.15, 0.2) is 0 Å². The number of hydrogen-bond acceptors (Lipinski definition) is 1. The highest BCUT2D eigenvalue weighted by Crippen LogP contribution is 1.66. The van der Waals surface area contributed by atoms with Gasteiger partial charge in [0.2, 0.25) is 0 Å². The molecule has 0 fully saturated rings. The lowest BCUT2D eigenvalue weighted by molar-refractivity contribution is 0.524. The van der Waals surface area contributed by atoms with Crippen LogP contribution in [-0.2, 0) is 4.57 Å². The minimum atomic E-state index is -0.833. The maximum absolute atomic E-state index is 9.50. The van der Waals surface area contributed by atoms with E-state index in [1.807, 2.05) is 0 Å². The minimum Gasteiger partial charge on any atom is -0.310 e. The fourth-order valence-corrected chi connectivity index (χ4v) is 0. The zero-order chi connectivity index (χ0) is 4.71. The van der Waals surface area contributed by atoms with E-state index in [0.717, 1.165) is 0 Å². The smallest absolute Gasteiger partial charge is 0.310 e. The molecule has 4 heteroatoms. The molecule has 0 heterocycles. The van der Waals surface area contributed by atoms with Crippen LogP contribution >= 0.6 is 8.69 Å². The van der Waals surface area contributed by atoms with Gasteiger partial charge in [0.15, 0.2) is 0 Å². The van der Waals surface area contributed by atoms with Crippen LogP contribution in [0.1, 0.15) is 0 Å². The van der Waals surface area contributed by atoms with E-state index < -0.39 is 8.69 Å². The van der Waals surface area contributed by atoms with Gasteiger partial charge in [0.25, 0.3) is 0 Å². The zero-order valence-electron chi connectivity index (χ0n) is 2.68. The Labute approximate surface area is 30.9 Å². The highest BCUT2D eigenvalue weighted by molar-refractivity contribution is 7.16. The summed E-state index contributed by atoms with van der Waals surface area (Å²) in [5.41, 5.74) is 0. The Morgan fingerprint density at radius 1 is 1.80 bits per heavy atom. The first kappa shape index (κ1) is 8.89. The lowest BCUT2D eigenvalue weighted by Gasteiger charge is -1.24. The predicted octanol–water partition coefficient (Wildman–Crippen LogP) is 0.771. The third kappa shape index (κ3) is 158000. The Balaban J connectivity index is 0. The predicted molar refractivity (Wildman–Crippen MR) is 16.9 cm³/mol. The molecule has 0 bridgehead atoms. The van der Waals surface area contributed by atoms with E-state index >= 15 is 0 Å². The Bertz CT molecular complexity index is 17.1. The third-order valence-electron chi connectivity index (χ3n) is 0. The van der Waals surface area contributed by atoms with E-state index in [-0.39, 0.29) is 0 Å². The molecule has 32 valence electrons. The molecular weight excluding hydrogens is 94.0 g/mol. The second kappa shape index (κ2) is 36.4. The van der Waals surface area contributed by atoms with Gasteiger partial charge >= 0.3 is 8.69 Å². The Kier molecular flexibility index (Phi) is 64.7. The van der Waals surface area contributed by atoms with Crippen molar-refractivity contribution in [3.8, 4) is 0 Å². The van der Waals surface area contributed by atoms with Crippen LogP contribution in [0.25, 0.3) is 0 Å². The summed E-state index contributed by atoms with van der Waals surface area (Å²) in [4.78, 5) is 6.99. The van der Waals surface area contributed by atoms with Crippen LogP contribution in [0.5, 0.6) is 0 Å². The molecule has 0 saturated heterocycles. The largest absolute Gasteiger partial charge is 0.324 e. The van der Waals surface area contributed by atoms with Gasteiger partial charge in [-0.25, -0.2) is 4.57 Å². The molecule has 0 rings (SSSR count). The molecule has 0 aromatic carbocycles. The number of alkyl halides is 1. The van der Waals surface area contributed by atoms with Gasteiger partial charge in [-0.1, -0.05) is 0 Å². The molecule has 0 unspecified atom stereocenters. The number of rotatable bonds is 0. The molecule has 0 spiro atoms. The molecule has 0 amide bonds. The number of hydrogen-bond donors (Lipinski definition) is 1. The fraction of sp³-hybridized carbons (Fsp3) is 1.00. The van der Waals surface area contributed by atoms with E-state index in [1.165, 1.54) is 0 Å². The van der Waals surface area contributed by atoms with Gasteiger partial charge in [0.05, 0.1) is 7.18 Å². The quantitative estimate of drug-likeness (QED) is 0.454. The molecule has 2 nitrogen and oxygen atoms in total. The van der Waals surface area contributed by atoms with Crippen molar-refractivity contribution >= 4 is 8.69 Å². The van der Waals surface area contributed by atoms with Crippen molar-refractivity contribution in [1.29, 1.82) is 0 Å². The second-order valence-corrected chi connectivity index (χ2v) is 0.245. The first-order valence-corrected chi connectivity index (χ1v) is 1.53. The molecule has 0 aliphatic carbocycles. The lowest BCUT2D eigenvalue weighted by Crippen LogP contribution is -1.03. The van der Waals surface area contributed by atoms with Crippen molar-refractivity contribution in [3.63, 3.8) is 0 Å². The highest BCUT2D eigenvalue weighted by atomic mass is 31.1. The highest BCUT2D eigenvalue weighted by Gasteiger charge is 1.28. The van der Waals surface area contributed by atoms with Crippen LogP contribution in [-0.4, -0.2) is 12.1 Å². The first-order valence-electron chi connectivity index (χ1n) is 0.761. The van der Waals surface area contributed by atoms with Gasteiger partial charge in [-0.15, -0.1) is 0 Å². The first-order chi connectivity index (χ1) is 2.41. The lowest BCUT2D eigenvalue weighted by atomic mass is 11.9. The van der Waals surface area contributed by atoms with Crippen molar-refractivity contribution in [3.05, 3.63) is 0 Å². The second-order valence-electron chi connectivity index (χ2n) is 0.0816. The summed E-state index contributed by atoms with van der Waals surface area (Å²) in [5, 5.41) is 0. The normalized spacial score (nSPS) is 5.40. The van der Waals surface area contributed by atoms with E-state index in [2.05, 4.69) is 0 Å². The summed E-state index contributed by atoms with van der Waals surface area (Å²) in [5.74, 6) is 0. The topological polar surface area (TPSA) is 37.3 Å². The van der Waals surface area contributed by atoms with Crippen LogP contribution in [0.4, 0.5) is 4.39 Å². The average Bonchev–Trinajstić information content (AvgIpc) is 1.46. The molecular formula is CH4FO2P. The van der Waals surface area contributed by atoms with Crippen molar-refractivity contribution in [1.82, 2.24) is 0 Å². The van der Waals surface area contributed by atoms with Gasteiger partial charge in [-0.3, -0.25) is 4.39 Å². The summed E-state index contributed by atoms with van der Waals surface area (Å²) in [7, 11) is -0.333. The van der Waals surface area contributed by atoms with Crippen LogP contribution in [0, 0.1) is 0 Å². The minimum absolute atomic E-state index is 0.500.